The third-order valence-corrected chi connectivity index (χ3v) is 5.47. The zero-order chi connectivity index (χ0) is 14.0. The third-order valence-electron chi connectivity index (χ3n) is 2.22. The lowest BCUT2D eigenvalue weighted by atomic mass is 10.2. The standard InChI is InChI=1S/C12H5Br2FN2OS/c13-7-4-10(19-11(7)14)12(18)17-9-2-1-6(5-16)3-8(9)15/h1-4H,(H,17,18). The maximum atomic E-state index is 13.6. The summed E-state index contributed by atoms with van der Waals surface area (Å²) in [6.07, 6.45) is 0. The molecule has 0 aliphatic heterocycles. The molecule has 1 aromatic heterocycles. The van der Waals surface area contributed by atoms with Crippen LogP contribution in [0.25, 0.3) is 0 Å². The Morgan fingerprint density at radius 3 is 2.63 bits per heavy atom. The zero-order valence-electron chi connectivity index (χ0n) is 9.21. The number of amides is 1. The van der Waals surface area contributed by atoms with E-state index in [9.17, 15) is 9.18 Å². The van der Waals surface area contributed by atoms with Crippen molar-refractivity contribution in [3.8, 4) is 6.07 Å². The summed E-state index contributed by atoms with van der Waals surface area (Å²) in [6, 6.07) is 7.36. The maximum absolute atomic E-state index is 13.6. The van der Waals surface area contributed by atoms with Crippen molar-refractivity contribution in [3.05, 3.63) is 48.8 Å². The van der Waals surface area contributed by atoms with Crippen molar-refractivity contribution < 1.29 is 9.18 Å². The smallest absolute Gasteiger partial charge is 0.265 e. The first-order valence-electron chi connectivity index (χ1n) is 4.97. The number of carbonyl (C=O) groups excluding carboxylic acids is 1. The van der Waals surface area contributed by atoms with Crippen LogP contribution in [0.3, 0.4) is 0 Å². The molecule has 1 N–H and O–H groups in total. The first-order valence-corrected chi connectivity index (χ1v) is 7.37. The SMILES string of the molecule is N#Cc1ccc(NC(=O)c2cc(Br)c(Br)s2)c(F)c1. The average Bonchev–Trinajstić information content (AvgIpc) is 2.72. The number of thiophene rings is 1. The van der Waals surface area contributed by atoms with Crippen LogP contribution < -0.4 is 5.32 Å². The molecule has 0 unspecified atom stereocenters. The summed E-state index contributed by atoms with van der Waals surface area (Å²) in [5.41, 5.74) is 0.252. The highest BCUT2D eigenvalue weighted by atomic mass is 79.9. The Morgan fingerprint density at radius 1 is 1.37 bits per heavy atom. The van der Waals surface area contributed by atoms with Crippen LogP contribution in [0.4, 0.5) is 10.1 Å². The first kappa shape index (κ1) is 14.2. The van der Waals surface area contributed by atoms with Crippen molar-refractivity contribution in [3.63, 3.8) is 0 Å². The lowest BCUT2D eigenvalue weighted by Gasteiger charge is -2.04. The van der Waals surface area contributed by atoms with Gasteiger partial charge in [0, 0.05) is 4.47 Å². The van der Waals surface area contributed by atoms with E-state index in [1.807, 2.05) is 6.07 Å². The Kier molecular flexibility index (Phi) is 4.34. The second-order valence-corrected chi connectivity index (χ2v) is 6.72. The molecular weight excluding hydrogens is 399 g/mol. The number of nitrogens with zero attached hydrogens (tertiary/aromatic N) is 1. The van der Waals surface area contributed by atoms with Crippen molar-refractivity contribution in [2.45, 2.75) is 0 Å². The largest absolute Gasteiger partial charge is 0.319 e. The molecule has 0 saturated carbocycles. The van der Waals surface area contributed by atoms with Gasteiger partial charge in [-0.15, -0.1) is 11.3 Å². The third kappa shape index (κ3) is 3.21. The molecule has 2 aromatic rings. The van der Waals surface area contributed by atoms with E-state index in [2.05, 4.69) is 37.2 Å². The van der Waals surface area contributed by atoms with E-state index in [0.717, 1.165) is 14.3 Å². The number of hydrogen-bond donors (Lipinski definition) is 1. The Labute approximate surface area is 129 Å². The van der Waals surface area contributed by atoms with Gasteiger partial charge in [-0.05, 0) is 56.1 Å². The summed E-state index contributed by atoms with van der Waals surface area (Å²) in [7, 11) is 0. The molecule has 0 aliphatic carbocycles. The molecule has 0 atom stereocenters. The van der Waals surface area contributed by atoms with E-state index >= 15 is 0 Å². The molecule has 19 heavy (non-hydrogen) atoms. The quantitative estimate of drug-likeness (QED) is 0.800. The zero-order valence-corrected chi connectivity index (χ0v) is 13.2. The molecule has 0 fully saturated rings. The van der Waals surface area contributed by atoms with E-state index < -0.39 is 11.7 Å². The van der Waals surface area contributed by atoms with Crippen LogP contribution in [-0.4, -0.2) is 5.91 Å². The van der Waals surface area contributed by atoms with Crippen molar-refractivity contribution >= 4 is 54.8 Å². The molecule has 0 radical (unpaired) electrons. The molecule has 7 heteroatoms. The van der Waals surface area contributed by atoms with Gasteiger partial charge < -0.3 is 5.32 Å². The first-order chi connectivity index (χ1) is 9.01. The highest BCUT2D eigenvalue weighted by Gasteiger charge is 2.14. The number of halogens is 3. The van der Waals surface area contributed by atoms with E-state index in [-0.39, 0.29) is 11.3 Å². The summed E-state index contributed by atoms with van der Waals surface area (Å²) in [4.78, 5) is 12.4. The molecule has 1 amide bonds. The van der Waals surface area contributed by atoms with Crippen LogP contribution in [0.2, 0.25) is 0 Å². The van der Waals surface area contributed by atoms with Crippen molar-refractivity contribution in [2.75, 3.05) is 5.32 Å². The van der Waals surface area contributed by atoms with Gasteiger partial charge >= 0.3 is 0 Å². The fourth-order valence-corrected chi connectivity index (χ4v) is 3.26. The summed E-state index contributed by atoms with van der Waals surface area (Å²) in [6.45, 7) is 0. The summed E-state index contributed by atoms with van der Waals surface area (Å²) in [5, 5.41) is 11.1. The van der Waals surface area contributed by atoms with Crippen LogP contribution >= 0.6 is 43.2 Å². The summed E-state index contributed by atoms with van der Waals surface area (Å²) in [5.74, 6) is -1.04. The average molecular weight is 404 g/mol. The second kappa shape index (κ2) is 5.82. The van der Waals surface area contributed by atoms with Crippen LogP contribution in [0.5, 0.6) is 0 Å². The van der Waals surface area contributed by atoms with Crippen LogP contribution in [-0.2, 0) is 0 Å². The van der Waals surface area contributed by atoms with Crippen molar-refractivity contribution in [1.29, 1.82) is 5.26 Å². The minimum absolute atomic E-state index is 0.0460. The van der Waals surface area contributed by atoms with Crippen molar-refractivity contribution in [2.24, 2.45) is 0 Å². The predicted molar refractivity (Wildman–Crippen MR) is 78.8 cm³/mol. The molecule has 1 heterocycles. The van der Waals surface area contributed by atoms with Gasteiger partial charge in [0.25, 0.3) is 5.91 Å². The highest BCUT2D eigenvalue weighted by molar-refractivity contribution is 9.13. The number of nitriles is 1. The minimum Gasteiger partial charge on any atom is -0.319 e. The molecule has 96 valence electrons. The fourth-order valence-electron chi connectivity index (χ4n) is 1.33. The predicted octanol–water partition coefficient (Wildman–Crippen LogP) is 4.54. The molecule has 0 bridgehead atoms. The number of hydrogen-bond acceptors (Lipinski definition) is 3. The Hall–Kier alpha value is -1.23. The van der Waals surface area contributed by atoms with Gasteiger partial charge in [-0.3, -0.25) is 4.79 Å². The fraction of sp³-hybridized carbons (Fsp3) is 0. The van der Waals surface area contributed by atoms with Gasteiger partial charge in [0.15, 0.2) is 0 Å². The lowest BCUT2D eigenvalue weighted by Crippen LogP contribution is -2.11. The van der Waals surface area contributed by atoms with E-state index in [4.69, 9.17) is 5.26 Å². The molecule has 1 aromatic carbocycles. The van der Waals surface area contributed by atoms with Crippen LogP contribution in [0.1, 0.15) is 15.2 Å². The second-order valence-electron chi connectivity index (χ2n) is 3.49. The number of carbonyl (C=O) groups is 1. The molecule has 0 spiro atoms. The minimum atomic E-state index is -0.637. The monoisotopic (exact) mass is 402 g/mol. The number of rotatable bonds is 2. The summed E-state index contributed by atoms with van der Waals surface area (Å²) < 4.78 is 15.2. The molecular formula is C12H5Br2FN2OS. The molecule has 0 aliphatic rings. The van der Waals surface area contributed by atoms with Crippen LogP contribution in [0, 0.1) is 17.1 Å². The van der Waals surface area contributed by atoms with E-state index in [1.165, 1.54) is 23.5 Å². The number of nitrogens with one attached hydrogen (secondary N) is 1. The topological polar surface area (TPSA) is 52.9 Å². The maximum Gasteiger partial charge on any atom is 0.265 e. The number of anilines is 1. The van der Waals surface area contributed by atoms with Gasteiger partial charge in [0.2, 0.25) is 0 Å². The van der Waals surface area contributed by atoms with Gasteiger partial charge in [0.05, 0.1) is 26.0 Å². The van der Waals surface area contributed by atoms with Gasteiger partial charge in [0.1, 0.15) is 5.82 Å². The van der Waals surface area contributed by atoms with Gasteiger partial charge in [-0.2, -0.15) is 5.26 Å². The highest BCUT2D eigenvalue weighted by Crippen LogP contribution is 2.32. The molecule has 3 nitrogen and oxygen atoms in total. The van der Waals surface area contributed by atoms with E-state index in [1.54, 1.807) is 6.07 Å². The Balaban J connectivity index is 2.22. The Bertz CT molecular complexity index is 674. The van der Waals surface area contributed by atoms with Crippen molar-refractivity contribution in [1.82, 2.24) is 0 Å². The molecule has 2 rings (SSSR count). The van der Waals surface area contributed by atoms with E-state index in [0.29, 0.717) is 4.88 Å². The normalized spacial score (nSPS) is 10.0. The molecule has 0 saturated heterocycles. The summed E-state index contributed by atoms with van der Waals surface area (Å²) >= 11 is 7.80. The Morgan fingerprint density at radius 2 is 2.11 bits per heavy atom. The van der Waals surface area contributed by atoms with Crippen LogP contribution in [0.15, 0.2) is 32.5 Å². The number of benzene rings is 1. The van der Waals surface area contributed by atoms with Gasteiger partial charge in [-0.25, -0.2) is 4.39 Å². The van der Waals surface area contributed by atoms with Gasteiger partial charge in [-0.1, -0.05) is 0 Å². The lowest BCUT2D eigenvalue weighted by molar-refractivity contribution is 0.103.